The van der Waals surface area contributed by atoms with E-state index in [1.165, 1.54) is 0 Å². The van der Waals surface area contributed by atoms with Gasteiger partial charge in [0.2, 0.25) is 10.0 Å². The van der Waals surface area contributed by atoms with Crippen LogP contribution in [0.2, 0.25) is 0 Å². The van der Waals surface area contributed by atoms with E-state index in [1.54, 1.807) is 23.6 Å². The van der Waals surface area contributed by atoms with Crippen molar-refractivity contribution in [3.05, 3.63) is 24.5 Å². The monoisotopic (exact) mass is 426 g/mol. The predicted octanol–water partition coefficient (Wildman–Crippen LogP) is 1.68. The maximum Gasteiger partial charge on any atom is 0.490 e. The van der Waals surface area contributed by atoms with Gasteiger partial charge in [-0.3, -0.25) is 4.98 Å². The molecule has 12 heteroatoms. The summed E-state index contributed by atoms with van der Waals surface area (Å²) >= 11 is 0. The van der Waals surface area contributed by atoms with Gasteiger partial charge >= 0.3 is 12.1 Å². The van der Waals surface area contributed by atoms with Crippen LogP contribution in [-0.2, 0) is 19.6 Å². The molecular weight excluding hydrogens is 405 g/mol. The molecule has 28 heavy (non-hydrogen) atoms. The Kier molecular flexibility index (Phi) is 7.23. The van der Waals surface area contributed by atoms with Crippen molar-refractivity contribution in [2.45, 2.75) is 44.2 Å². The third kappa shape index (κ3) is 5.55. The van der Waals surface area contributed by atoms with Crippen LogP contribution in [0.15, 0.2) is 24.5 Å². The van der Waals surface area contributed by atoms with E-state index in [0.29, 0.717) is 18.9 Å². The number of nitrogens with zero attached hydrogens (tertiary/aromatic N) is 2. The second kappa shape index (κ2) is 9.05. The average molecular weight is 426 g/mol. The fourth-order valence-corrected chi connectivity index (χ4v) is 4.43. The lowest BCUT2D eigenvalue weighted by Gasteiger charge is -2.37. The molecule has 0 aromatic carbocycles. The average Bonchev–Trinajstić information content (AvgIpc) is 3.05. The number of carbonyl (C=O) groups is 1. The molecule has 0 bridgehead atoms. The van der Waals surface area contributed by atoms with Crippen LogP contribution in [0.25, 0.3) is 0 Å². The summed E-state index contributed by atoms with van der Waals surface area (Å²) < 4.78 is 69.4. The number of aliphatic carboxylic acids is 1. The van der Waals surface area contributed by atoms with E-state index in [0.717, 1.165) is 12.8 Å². The van der Waals surface area contributed by atoms with Crippen molar-refractivity contribution >= 4 is 16.0 Å². The Morgan fingerprint density at radius 1 is 1.43 bits per heavy atom. The van der Waals surface area contributed by atoms with Gasteiger partial charge in [-0.1, -0.05) is 0 Å². The third-order valence-electron chi connectivity index (χ3n) is 4.37. The first-order chi connectivity index (χ1) is 13.1. The van der Waals surface area contributed by atoms with Crippen molar-refractivity contribution in [2.75, 3.05) is 18.9 Å². The molecule has 1 saturated carbocycles. The number of pyridine rings is 1. The van der Waals surface area contributed by atoms with Crippen LogP contribution in [0.3, 0.4) is 0 Å². The number of carboxylic acid groups (broad SMARTS) is 1. The standard InChI is InChI=1S/C14H20N2O4S.C2HF3O2/c1-2-21(17,18)16-8-9-19-14-12(16)5-6-13(14)20-11-4-3-7-15-10-11;3-2(4,5)1(6)7/h3-4,7,10,12-14H,2,5-6,8-9H2,1H3;(H,6,7)/t12-,13-,14+;/m0./s1. The molecule has 158 valence electrons. The summed E-state index contributed by atoms with van der Waals surface area (Å²) in [4.78, 5) is 12.9. The van der Waals surface area contributed by atoms with Crippen LogP contribution in [0.1, 0.15) is 19.8 Å². The lowest BCUT2D eigenvalue weighted by molar-refractivity contribution is -0.192. The van der Waals surface area contributed by atoms with Gasteiger partial charge in [-0.05, 0) is 31.9 Å². The van der Waals surface area contributed by atoms with Crippen molar-refractivity contribution in [2.24, 2.45) is 0 Å². The quantitative estimate of drug-likeness (QED) is 0.781. The number of hydrogen-bond donors (Lipinski definition) is 1. The lowest BCUT2D eigenvalue weighted by Crippen LogP contribution is -2.54. The Morgan fingerprint density at radius 2 is 2.11 bits per heavy atom. The topological polar surface area (TPSA) is 106 Å². The number of rotatable bonds is 4. The minimum atomic E-state index is -5.08. The number of alkyl halides is 3. The van der Waals surface area contributed by atoms with E-state index >= 15 is 0 Å². The van der Waals surface area contributed by atoms with Gasteiger partial charge in [0, 0.05) is 12.7 Å². The van der Waals surface area contributed by atoms with Crippen LogP contribution in [-0.4, -0.2) is 72.1 Å². The van der Waals surface area contributed by atoms with E-state index < -0.39 is 22.2 Å². The van der Waals surface area contributed by atoms with Gasteiger partial charge in [0.15, 0.2) is 0 Å². The Labute approximate surface area is 160 Å². The van der Waals surface area contributed by atoms with E-state index in [4.69, 9.17) is 19.4 Å². The zero-order chi connectivity index (χ0) is 20.9. The van der Waals surface area contributed by atoms with Gasteiger partial charge in [-0.2, -0.15) is 17.5 Å². The van der Waals surface area contributed by atoms with E-state index in [-0.39, 0.29) is 24.0 Å². The molecule has 0 radical (unpaired) electrons. The van der Waals surface area contributed by atoms with Gasteiger partial charge in [0.05, 0.1) is 24.6 Å². The molecule has 0 spiro atoms. The molecule has 1 saturated heterocycles. The zero-order valence-corrected chi connectivity index (χ0v) is 15.8. The van der Waals surface area contributed by atoms with Gasteiger partial charge in [-0.25, -0.2) is 13.2 Å². The maximum atomic E-state index is 12.2. The molecule has 1 aromatic heterocycles. The highest BCUT2D eigenvalue weighted by Gasteiger charge is 2.47. The molecule has 3 rings (SSSR count). The minimum Gasteiger partial charge on any atom is -0.486 e. The number of carboxylic acids is 1. The van der Waals surface area contributed by atoms with Crippen molar-refractivity contribution < 1.29 is 41.0 Å². The van der Waals surface area contributed by atoms with Crippen LogP contribution >= 0.6 is 0 Å². The third-order valence-corrected chi connectivity index (χ3v) is 6.27. The van der Waals surface area contributed by atoms with Gasteiger partial charge < -0.3 is 14.6 Å². The highest BCUT2D eigenvalue weighted by molar-refractivity contribution is 7.89. The number of sulfonamides is 1. The first kappa shape index (κ1) is 22.4. The van der Waals surface area contributed by atoms with Crippen LogP contribution in [0.5, 0.6) is 5.75 Å². The summed E-state index contributed by atoms with van der Waals surface area (Å²) in [6.45, 7) is 2.54. The van der Waals surface area contributed by atoms with Crippen LogP contribution < -0.4 is 4.74 Å². The van der Waals surface area contributed by atoms with Crippen molar-refractivity contribution in [3.63, 3.8) is 0 Å². The molecule has 1 N–H and O–H groups in total. The second-order valence-electron chi connectivity index (χ2n) is 6.14. The summed E-state index contributed by atoms with van der Waals surface area (Å²) in [6.07, 6.45) is -0.475. The summed E-state index contributed by atoms with van der Waals surface area (Å²) in [5, 5.41) is 7.12. The molecule has 2 heterocycles. The molecular formula is C16H21F3N2O6S. The fraction of sp³-hybridized carbons (Fsp3) is 0.625. The normalized spacial score (nSPS) is 25.4. The van der Waals surface area contributed by atoms with Crippen LogP contribution in [0, 0.1) is 0 Å². The predicted molar refractivity (Wildman–Crippen MR) is 91.3 cm³/mol. The number of fused-ring (bicyclic) bond motifs is 1. The zero-order valence-electron chi connectivity index (χ0n) is 15.0. The molecule has 1 aliphatic heterocycles. The number of hydrogen-bond acceptors (Lipinski definition) is 6. The Bertz CT molecular complexity index is 759. The molecule has 3 atom stereocenters. The first-order valence-electron chi connectivity index (χ1n) is 8.54. The molecule has 1 aromatic rings. The first-order valence-corrected chi connectivity index (χ1v) is 10.1. The maximum absolute atomic E-state index is 12.2. The Balaban J connectivity index is 0.000000345. The highest BCUT2D eigenvalue weighted by Crippen LogP contribution is 2.34. The SMILES string of the molecule is CCS(=O)(=O)N1CCO[C@H]2[C@@H](Oc3cccnc3)CC[C@@H]21.O=C(O)C(F)(F)F. The Morgan fingerprint density at radius 3 is 2.64 bits per heavy atom. The minimum absolute atomic E-state index is 0.106. The van der Waals surface area contributed by atoms with Crippen molar-refractivity contribution in [1.82, 2.24) is 9.29 Å². The van der Waals surface area contributed by atoms with E-state index in [1.807, 2.05) is 12.1 Å². The Hall–Kier alpha value is -1.92. The van der Waals surface area contributed by atoms with E-state index in [9.17, 15) is 21.6 Å². The van der Waals surface area contributed by atoms with Crippen LogP contribution in [0.4, 0.5) is 13.2 Å². The molecule has 2 fully saturated rings. The smallest absolute Gasteiger partial charge is 0.486 e. The summed E-state index contributed by atoms with van der Waals surface area (Å²) in [7, 11) is -3.19. The summed E-state index contributed by atoms with van der Waals surface area (Å²) in [5.41, 5.74) is 0. The largest absolute Gasteiger partial charge is 0.490 e. The summed E-state index contributed by atoms with van der Waals surface area (Å²) in [6, 6.07) is 3.56. The summed E-state index contributed by atoms with van der Waals surface area (Å²) in [5.74, 6) is -1.93. The molecule has 0 amide bonds. The van der Waals surface area contributed by atoms with Gasteiger partial charge in [-0.15, -0.1) is 0 Å². The van der Waals surface area contributed by atoms with Crippen molar-refractivity contribution in [3.8, 4) is 5.75 Å². The van der Waals surface area contributed by atoms with Gasteiger partial charge in [0.1, 0.15) is 18.0 Å². The number of halogens is 3. The fourth-order valence-electron chi connectivity index (χ4n) is 3.11. The second-order valence-corrected chi connectivity index (χ2v) is 8.35. The lowest BCUT2D eigenvalue weighted by atomic mass is 10.1. The van der Waals surface area contributed by atoms with E-state index in [2.05, 4.69) is 4.98 Å². The van der Waals surface area contributed by atoms with Gasteiger partial charge in [0.25, 0.3) is 0 Å². The molecule has 0 unspecified atom stereocenters. The molecule has 1 aliphatic carbocycles. The molecule has 2 aliphatic rings. The number of aromatic nitrogens is 1. The van der Waals surface area contributed by atoms with Crippen molar-refractivity contribution in [1.29, 1.82) is 0 Å². The number of morpholine rings is 1. The molecule has 8 nitrogen and oxygen atoms in total. The highest BCUT2D eigenvalue weighted by atomic mass is 32.2. The number of ether oxygens (including phenoxy) is 2.